The van der Waals surface area contributed by atoms with Crippen LogP contribution in [0.5, 0.6) is 11.5 Å². The molecule has 1 aliphatic carbocycles. The highest BCUT2D eigenvalue weighted by molar-refractivity contribution is 5.44. The number of nitrogens with zero attached hydrogens (tertiary/aromatic N) is 1. The third-order valence-electron chi connectivity index (χ3n) is 3.96. The Bertz CT molecular complexity index is 490. The molecule has 0 heterocycles. The van der Waals surface area contributed by atoms with Crippen LogP contribution < -0.4 is 14.8 Å². The standard InChI is InChI=1S/C17H24N2O2/c1-3-21-17-11-13(9-10-16(17)20-2)15(12-18)19-14-7-5-4-6-8-14/h9-11,14-15,19H,3-8H2,1-2H3. The average Bonchev–Trinajstić information content (AvgIpc) is 2.54. The fourth-order valence-electron chi connectivity index (χ4n) is 2.85. The number of ether oxygens (including phenoxy) is 2. The van der Waals surface area contributed by atoms with Crippen molar-refractivity contribution in [3.05, 3.63) is 23.8 Å². The summed E-state index contributed by atoms with van der Waals surface area (Å²) >= 11 is 0. The summed E-state index contributed by atoms with van der Waals surface area (Å²) in [5.41, 5.74) is 0.937. The van der Waals surface area contributed by atoms with Gasteiger partial charge in [0.2, 0.25) is 0 Å². The first-order valence-electron chi connectivity index (χ1n) is 7.75. The SMILES string of the molecule is CCOc1cc(C(C#N)NC2CCCCC2)ccc1OC. The molecule has 1 aliphatic rings. The molecule has 0 aliphatic heterocycles. The van der Waals surface area contributed by atoms with Gasteiger partial charge in [-0.05, 0) is 37.5 Å². The van der Waals surface area contributed by atoms with Gasteiger partial charge in [-0.25, -0.2) is 0 Å². The number of nitrogens with one attached hydrogen (secondary N) is 1. The maximum Gasteiger partial charge on any atom is 0.161 e. The van der Waals surface area contributed by atoms with Crippen molar-refractivity contribution >= 4 is 0 Å². The van der Waals surface area contributed by atoms with Gasteiger partial charge in [-0.2, -0.15) is 5.26 Å². The molecular weight excluding hydrogens is 264 g/mol. The Morgan fingerprint density at radius 2 is 2.05 bits per heavy atom. The van der Waals surface area contributed by atoms with E-state index in [1.165, 1.54) is 19.3 Å². The lowest BCUT2D eigenvalue weighted by Crippen LogP contribution is -2.33. The number of benzene rings is 1. The van der Waals surface area contributed by atoms with Crippen LogP contribution in [0.2, 0.25) is 0 Å². The highest BCUT2D eigenvalue weighted by atomic mass is 16.5. The molecular formula is C17H24N2O2. The Morgan fingerprint density at radius 1 is 1.29 bits per heavy atom. The van der Waals surface area contributed by atoms with Crippen LogP contribution in [-0.2, 0) is 0 Å². The quantitative estimate of drug-likeness (QED) is 0.869. The fourth-order valence-corrected chi connectivity index (χ4v) is 2.85. The van der Waals surface area contributed by atoms with E-state index in [1.807, 2.05) is 25.1 Å². The third kappa shape index (κ3) is 4.12. The zero-order valence-electron chi connectivity index (χ0n) is 12.9. The number of rotatable bonds is 6. The van der Waals surface area contributed by atoms with Crippen molar-refractivity contribution in [2.45, 2.75) is 51.1 Å². The highest BCUT2D eigenvalue weighted by Crippen LogP contribution is 2.31. The van der Waals surface area contributed by atoms with Gasteiger partial charge < -0.3 is 9.47 Å². The van der Waals surface area contributed by atoms with Crippen molar-refractivity contribution in [2.75, 3.05) is 13.7 Å². The summed E-state index contributed by atoms with van der Waals surface area (Å²) in [7, 11) is 1.62. The number of methoxy groups -OCH3 is 1. The van der Waals surface area contributed by atoms with Gasteiger partial charge in [0, 0.05) is 6.04 Å². The molecule has 1 saturated carbocycles. The van der Waals surface area contributed by atoms with Crippen molar-refractivity contribution in [1.82, 2.24) is 5.32 Å². The minimum atomic E-state index is -0.293. The minimum Gasteiger partial charge on any atom is -0.493 e. The minimum absolute atomic E-state index is 0.293. The largest absolute Gasteiger partial charge is 0.493 e. The van der Waals surface area contributed by atoms with Crippen LogP contribution in [0.4, 0.5) is 0 Å². The second-order valence-electron chi connectivity index (χ2n) is 5.41. The molecule has 1 N–H and O–H groups in total. The summed E-state index contributed by atoms with van der Waals surface area (Å²) in [6, 6.07) is 8.23. The van der Waals surface area contributed by atoms with E-state index in [2.05, 4.69) is 11.4 Å². The number of hydrogen-bond acceptors (Lipinski definition) is 4. The van der Waals surface area contributed by atoms with Crippen molar-refractivity contribution in [2.24, 2.45) is 0 Å². The molecule has 0 bridgehead atoms. The van der Waals surface area contributed by atoms with Gasteiger partial charge in [0.15, 0.2) is 11.5 Å². The molecule has 4 nitrogen and oxygen atoms in total. The second-order valence-corrected chi connectivity index (χ2v) is 5.41. The first-order valence-corrected chi connectivity index (χ1v) is 7.75. The predicted molar refractivity (Wildman–Crippen MR) is 82.5 cm³/mol. The maximum atomic E-state index is 9.47. The average molecular weight is 288 g/mol. The van der Waals surface area contributed by atoms with Crippen molar-refractivity contribution < 1.29 is 9.47 Å². The monoisotopic (exact) mass is 288 g/mol. The molecule has 1 aromatic carbocycles. The van der Waals surface area contributed by atoms with Gasteiger partial charge in [-0.15, -0.1) is 0 Å². The molecule has 1 atom stereocenters. The van der Waals surface area contributed by atoms with Gasteiger partial charge in [0.1, 0.15) is 6.04 Å². The van der Waals surface area contributed by atoms with E-state index in [4.69, 9.17) is 9.47 Å². The zero-order valence-corrected chi connectivity index (χ0v) is 12.9. The summed E-state index contributed by atoms with van der Waals surface area (Å²) < 4.78 is 10.9. The molecule has 0 saturated heterocycles. The fraction of sp³-hybridized carbons (Fsp3) is 0.588. The summed E-state index contributed by atoms with van der Waals surface area (Å²) in [6.07, 6.45) is 6.14. The Hall–Kier alpha value is -1.73. The highest BCUT2D eigenvalue weighted by Gasteiger charge is 2.20. The molecule has 1 aromatic rings. The van der Waals surface area contributed by atoms with Crippen LogP contribution in [0.1, 0.15) is 50.6 Å². The van der Waals surface area contributed by atoms with Crippen molar-refractivity contribution in [1.29, 1.82) is 5.26 Å². The first-order chi connectivity index (χ1) is 10.3. The lowest BCUT2D eigenvalue weighted by molar-refractivity contribution is 0.309. The topological polar surface area (TPSA) is 54.3 Å². The Morgan fingerprint density at radius 3 is 2.67 bits per heavy atom. The molecule has 1 unspecified atom stereocenters. The summed E-state index contributed by atoms with van der Waals surface area (Å²) in [5.74, 6) is 1.40. The van der Waals surface area contributed by atoms with E-state index in [9.17, 15) is 5.26 Å². The van der Waals surface area contributed by atoms with Gasteiger partial charge >= 0.3 is 0 Å². The number of nitriles is 1. The lowest BCUT2D eigenvalue weighted by atomic mass is 9.94. The van der Waals surface area contributed by atoms with Gasteiger partial charge in [0.05, 0.1) is 19.8 Å². The van der Waals surface area contributed by atoms with Crippen LogP contribution in [0.15, 0.2) is 18.2 Å². The van der Waals surface area contributed by atoms with Crippen molar-refractivity contribution in [3.8, 4) is 17.6 Å². The molecule has 1 fully saturated rings. The summed E-state index contributed by atoms with van der Waals surface area (Å²) in [6.45, 7) is 2.52. The molecule has 0 radical (unpaired) electrons. The van der Waals surface area contributed by atoms with E-state index in [0.717, 1.165) is 18.4 Å². The smallest absolute Gasteiger partial charge is 0.161 e. The van der Waals surface area contributed by atoms with Gasteiger partial charge in [-0.3, -0.25) is 5.32 Å². The lowest BCUT2D eigenvalue weighted by Gasteiger charge is -2.25. The third-order valence-corrected chi connectivity index (χ3v) is 3.96. The maximum absolute atomic E-state index is 9.47. The van der Waals surface area contributed by atoms with E-state index in [-0.39, 0.29) is 6.04 Å². The van der Waals surface area contributed by atoms with E-state index in [0.29, 0.717) is 24.1 Å². The first kappa shape index (κ1) is 15.7. The van der Waals surface area contributed by atoms with Crippen LogP contribution >= 0.6 is 0 Å². The van der Waals surface area contributed by atoms with E-state index in [1.54, 1.807) is 7.11 Å². The van der Waals surface area contributed by atoms with Crippen LogP contribution in [0, 0.1) is 11.3 Å². The van der Waals surface area contributed by atoms with Gasteiger partial charge in [-0.1, -0.05) is 25.3 Å². The number of hydrogen-bond donors (Lipinski definition) is 1. The van der Waals surface area contributed by atoms with E-state index < -0.39 is 0 Å². The second kappa shape index (κ2) is 7.90. The Balaban J connectivity index is 2.13. The normalized spacial score (nSPS) is 17.0. The molecule has 0 aromatic heterocycles. The summed E-state index contributed by atoms with van der Waals surface area (Å²) in [5, 5.41) is 12.9. The molecule has 0 spiro atoms. The van der Waals surface area contributed by atoms with Gasteiger partial charge in [0.25, 0.3) is 0 Å². The Labute approximate surface area is 127 Å². The van der Waals surface area contributed by atoms with Crippen LogP contribution in [0.25, 0.3) is 0 Å². The summed E-state index contributed by atoms with van der Waals surface area (Å²) in [4.78, 5) is 0. The predicted octanol–water partition coefficient (Wildman–Crippen LogP) is 3.58. The van der Waals surface area contributed by atoms with E-state index >= 15 is 0 Å². The molecule has 21 heavy (non-hydrogen) atoms. The molecule has 2 rings (SSSR count). The van der Waals surface area contributed by atoms with Crippen LogP contribution in [-0.4, -0.2) is 19.8 Å². The van der Waals surface area contributed by atoms with Crippen LogP contribution in [0.3, 0.4) is 0 Å². The Kier molecular flexibility index (Phi) is 5.89. The van der Waals surface area contributed by atoms with Crippen molar-refractivity contribution in [3.63, 3.8) is 0 Å². The molecule has 0 amide bonds. The zero-order chi connectivity index (χ0) is 15.1. The molecule has 4 heteroatoms. The molecule has 114 valence electrons.